The van der Waals surface area contributed by atoms with Gasteiger partial charge in [0.2, 0.25) is 5.95 Å². The zero-order chi connectivity index (χ0) is 25.4. The number of rotatable bonds is 8. The second kappa shape index (κ2) is 10.7. The molecular formula is C29H39N5O3. The van der Waals surface area contributed by atoms with Gasteiger partial charge in [-0.3, -0.25) is 14.3 Å². The molecule has 3 aromatic rings. The molecule has 0 radical (unpaired) electrons. The highest BCUT2D eigenvalue weighted by atomic mass is 16.5. The Morgan fingerprint density at radius 2 is 1.81 bits per heavy atom. The number of aliphatic hydroxyl groups excluding tert-OH is 1. The predicted molar refractivity (Wildman–Crippen MR) is 146 cm³/mol. The van der Waals surface area contributed by atoms with E-state index in [1.165, 1.54) is 12.8 Å². The van der Waals surface area contributed by atoms with Crippen molar-refractivity contribution in [3.05, 3.63) is 40.3 Å². The predicted octanol–water partition coefficient (Wildman–Crippen LogP) is 4.24. The monoisotopic (exact) mass is 505 g/mol. The highest BCUT2D eigenvalue weighted by Gasteiger charge is 2.26. The summed E-state index contributed by atoms with van der Waals surface area (Å²) in [6.45, 7) is 6.58. The number of ether oxygens (including phenoxy) is 1. The standard InChI is InChI=1S/C29H39N5O3/c1-2-37-23-11-13-33(14-12-23)18-20-5-10-24-25(15-20)28(36)34(21-6-8-22(35)9-7-21)27-26(24)17-31-29(32-27)30-16-19-3-4-19/h5,10,15,17,19,21-23,35H,2-4,6-9,11-14,16,18H2,1H3,(H,30,31,32)/t21-,22-. The number of piperidine rings is 1. The van der Waals surface area contributed by atoms with Gasteiger partial charge in [0.25, 0.3) is 5.56 Å². The number of likely N-dealkylation sites (tertiary alicyclic amines) is 1. The first-order chi connectivity index (χ1) is 18.1. The van der Waals surface area contributed by atoms with Gasteiger partial charge in [0.15, 0.2) is 0 Å². The van der Waals surface area contributed by atoms with Crippen molar-refractivity contribution in [1.82, 2.24) is 19.4 Å². The molecule has 8 nitrogen and oxygen atoms in total. The first-order valence-corrected chi connectivity index (χ1v) is 14.2. The van der Waals surface area contributed by atoms with Crippen molar-refractivity contribution in [2.75, 3.05) is 31.6 Å². The van der Waals surface area contributed by atoms with E-state index < -0.39 is 0 Å². The molecule has 2 saturated carbocycles. The van der Waals surface area contributed by atoms with Gasteiger partial charge in [-0.1, -0.05) is 12.1 Å². The van der Waals surface area contributed by atoms with Crippen molar-refractivity contribution in [2.45, 2.75) is 83.1 Å². The van der Waals surface area contributed by atoms with Gasteiger partial charge < -0.3 is 15.2 Å². The van der Waals surface area contributed by atoms with Gasteiger partial charge in [-0.2, -0.15) is 4.98 Å². The Bertz CT molecular complexity index is 1300. The summed E-state index contributed by atoms with van der Waals surface area (Å²) in [6, 6.07) is 6.35. The first-order valence-electron chi connectivity index (χ1n) is 14.2. The zero-order valence-corrected chi connectivity index (χ0v) is 21.9. The van der Waals surface area contributed by atoms with E-state index in [-0.39, 0.29) is 17.7 Å². The summed E-state index contributed by atoms with van der Waals surface area (Å²) < 4.78 is 7.72. The number of nitrogens with zero attached hydrogens (tertiary/aromatic N) is 4. The highest BCUT2D eigenvalue weighted by molar-refractivity contribution is 6.04. The Morgan fingerprint density at radius 3 is 2.54 bits per heavy atom. The Morgan fingerprint density at radius 1 is 1.03 bits per heavy atom. The van der Waals surface area contributed by atoms with Crippen LogP contribution in [0.3, 0.4) is 0 Å². The number of aliphatic hydroxyl groups is 1. The van der Waals surface area contributed by atoms with Crippen molar-refractivity contribution in [1.29, 1.82) is 0 Å². The Balaban J connectivity index is 1.35. The molecule has 0 atom stereocenters. The molecule has 2 aromatic heterocycles. The van der Waals surface area contributed by atoms with Crippen LogP contribution in [0.5, 0.6) is 0 Å². The largest absolute Gasteiger partial charge is 0.393 e. The minimum absolute atomic E-state index is 0.0210. The minimum atomic E-state index is -0.275. The van der Waals surface area contributed by atoms with Crippen LogP contribution < -0.4 is 10.9 Å². The summed E-state index contributed by atoms with van der Waals surface area (Å²) >= 11 is 0. The van der Waals surface area contributed by atoms with Crippen molar-refractivity contribution in [3.63, 3.8) is 0 Å². The van der Waals surface area contributed by atoms with Gasteiger partial charge in [-0.05, 0) is 81.2 Å². The highest BCUT2D eigenvalue weighted by Crippen LogP contribution is 2.33. The lowest BCUT2D eigenvalue weighted by Crippen LogP contribution is -2.36. The average Bonchev–Trinajstić information content (AvgIpc) is 3.75. The van der Waals surface area contributed by atoms with E-state index >= 15 is 0 Å². The Kier molecular flexibility index (Phi) is 7.14. The van der Waals surface area contributed by atoms with E-state index in [4.69, 9.17) is 9.72 Å². The van der Waals surface area contributed by atoms with E-state index in [0.29, 0.717) is 36.5 Å². The lowest BCUT2D eigenvalue weighted by molar-refractivity contribution is 0.0125. The summed E-state index contributed by atoms with van der Waals surface area (Å²) in [6.07, 6.45) is 9.60. The fraction of sp³-hybridized carbons (Fsp3) is 0.621. The molecule has 3 heterocycles. The number of nitrogens with one attached hydrogen (secondary N) is 1. The maximum absolute atomic E-state index is 14.1. The molecule has 37 heavy (non-hydrogen) atoms. The van der Waals surface area contributed by atoms with Gasteiger partial charge >= 0.3 is 0 Å². The molecule has 3 aliphatic rings. The van der Waals surface area contributed by atoms with Gasteiger partial charge in [0.05, 0.1) is 12.2 Å². The lowest BCUT2D eigenvalue weighted by atomic mass is 9.92. The first kappa shape index (κ1) is 24.8. The van der Waals surface area contributed by atoms with Crippen molar-refractivity contribution < 1.29 is 9.84 Å². The number of aromatic nitrogens is 3. The zero-order valence-electron chi connectivity index (χ0n) is 21.9. The molecule has 2 N–H and O–H groups in total. The third kappa shape index (κ3) is 5.38. The van der Waals surface area contributed by atoms with Crippen LogP contribution in [-0.2, 0) is 11.3 Å². The number of benzene rings is 1. The molecule has 198 valence electrons. The SMILES string of the molecule is CCOC1CCN(Cc2ccc3c(c2)c(=O)n([C@H]2CC[C@H](O)CC2)c2nc(NCC4CC4)ncc32)CC1. The van der Waals surface area contributed by atoms with E-state index in [2.05, 4.69) is 40.3 Å². The average molecular weight is 506 g/mol. The number of fused-ring (bicyclic) bond motifs is 3. The Hall–Kier alpha value is -2.55. The number of hydrogen-bond donors (Lipinski definition) is 2. The van der Waals surface area contributed by atoms with Crippen LogP contribution in [0, 0.1) is 5.92 Å². The Labute approximate surface area is 218 Å². The molecule has 0 bridgehead atoms. The van der Waals surface area contributed by atoms with Gasteiger partial charge in [-0.25, -0.2) is 4.98 Å². The molecule has 2 aliphatic carbocycles. The maximum atomic E-state index is 14.1. The summed E-state index contributed by atoms with van der Waals surface area (Å²) in [7, 11) is 0. The molecule has 0 amide bonds. The quantitative estimate of drug-likeness (QED) is 0.442. The van der Waals surface area contributed by atoms with Gasteiger partial charge in [-0.15, -0.1) is 0 Å². The molecule has 6 rings (SSSR count). The van der Waals surface area contributed by atoms with Crippen LogP contribution >= 0.6 is 0 Å². The van der Waals surface area contributed by atoms with Crippen molar-refractivity contribution >= 4 is 27.8 Å². The molecule has 1 aromatic carbocycles. The lowest BCUT2D eigenvalue weighted by Gasteiger charge is -2.31. The van der Waals surface area contributed by atoms with Crippen LogP contribution in [0.25, 0.3) is 21.8 Å². The maximum Gasteiger partial charge on any atom is 0.260 e. The van der Waals surface area contributed by atoms with Crippen LogP contribution in [0.15, 0.2) is 29.2 Å². The smallest absolute Gasteiger partial charge is 0.260 e. The van der Waals surface area contributed by atoms with Gasteiger partial charge in [0, 0.05) is 55.8 Å². The minimum Gasteiger partial charge on any atom is -0.393 e. The fourth-order valence-electron chi connectivity index (χ4n) is 6.10. The third-order valence-corrected chi connectivity index (χ3v) is 8.44. The fourth-order valence-corrected chi connectivity index (χ4v) is 6.10. The second-order valence-electron chi connectivity index (χ2n) is 11.2. The summed E-state index contributed by atoms with van der Waals surface area (Å²) in [4.78, 5) is 26.0. The van der Waals surface area contributed by atoms with Crippen LogP contribution in [0.4, 0.5) is 5.95 Å². The van der Waals surface area contributed by atoms with Crippen molar-refractivity contribution in [2.24, 2.45) is 5.92 Å². The van der Waals surface area contributed by atoms with Crippen LogP contribution in [0.1, 0.15) is 69.9 Å². The number of hydrogen-bond acceptors (Lipinski definition) is 7. The van der Waals surface area contributed by atoms with Crippen LogP contribution in [-0.4, -0.2) is 63.0 Å². The summed E-state index contributed by atoms with van der Waals surface area (Å²) in [5.74, 6) is 1.30. The van der Waals surface area contributed by atoms with E-state index in [1.54, 1.807) is 0 Å². The molecule has 0 spiro atoms. The molecular weight excluding hydrogens is 466 g/mol. The molecule has 0 unspecified atom stereocenters. The van der Waals surface area contributed by atoms with E-state index in [1.807, 2.05) is 10.8 Å². The molecule has 3 fully saturated rings. The molecule has 8 heteroatoms. The summed E-state index contributed by atoms with van der Waals surface area (Å²) in [5, 5.41) is 16.1. The van der Waals surface area contributed by atoms with Crippen LogP contribution in [0.2, 0.25) is 0 Å². The topological polar surface area (TPSA) is 92.5 Å². The number of anilines is 1. The van der Waals surface area contributed by atoms with Gasteiger partial charge in [0.1, 0.15) is 5.65 Å². The number of pyridine rings is 1. The normalized spacial score (nSPS) is 23.6. The summed E-state index contributed by atoms with van der Waals surface area (Å²) in [5.41, 5.74) is 1.89. The second-order valence-corrected chi connectivity index (χ2v) is 11.2. The van der Waals surface area contributed by atoms with E-state index in [0.717, 1.165) is 80.2 Å². The van der Waals surface area contributed by atoms with E-state index in [9.17, 15) is 9.90 Å². The molecule has 1 saturated heterocycles. The van der Waals surface area contributed by atoms with Crippen molar-refractivity contribution in [3.8, 4) is 0 Å². The molecule has 1 aliphatic heterocycles. The third-order valence-electron chi connectivity index (χ3n) is 8.44.